The number of guanidine groups is 1. The van der Waals surface area contributed by atoms with Crippen LogP contribution in [0.2, 0.25) is 0 Å². The molecule has 0 aliphatic carbocycles. The van der Waals surface area contributed by atoms with Gasteiger partial charge in [-0.15, -0.1) is 11.3 Å². The number of aliphatic imine (C=N–C) groups is 1. The highest BCUT2D eigenvalue weighted by molar-refractivity contribution is 7.09. The second kappa shape index (κ2) is 6.72. The summed E-state index contributed by atoms with van der Waals surface area (Å²) in [6, 6.07) is 8.67. The largest absolute Gasteiger partial charge is 0.356 e. The fraction of sp³-hybridized carbons (Fsp3) is 0.375. The molecule has 0 saturated carbocycles. The van der Waals surface area contributed by atoms with E-state index in [1.807, 2.05) is 6.92 Å². The zero-order chi connectivity index (χ0) is 14.5. The van der Waals surface area contributed by atoms with E-state index in [0.29, 0.717) is 0 Å². The minimum absolute atomic E-state index is 0.904. The van der Waals surface area contributed by atoms with Crippen LogP contribution in [-0.2, 0) is 6.42 Å². The first-order chi connectivity index (χ1) is 10.3. The second-order valence-corrected chi connectivity index (χ2v) is 6.20. The van der Waals surface area contributed by atoms with Crippen LogP contribution < -0.4 is 10.6 Å². The molecule has 0 unspecified atom stereocenters. The molecule has 3 rings (SSSR count). The maximum Gasteiger partial charge on any atom is 0.191 e. The molecule has 1 aromatic heterocycles. The van der Waals surface area contributed by atoms with Gasteiger partial charge in [-0.25, -0.2) is 4.98 Å². The van der Waals surface area contributed by atoms with Crippen molar-refractivity contribution in [1.29, 1.82) is 0 Å². The summed E-state index contributed by atoms with van der Waals surface area (Å²) in [5.74, 6) is 0.941. The molecule has 2 aromatic rings. The molecule has 2 N–H and O–H groups in total. The normalized spacial score (nSPS) is 14.4. The number of thiazole rings is 1. The Labute approximate surface area is 129 Å². The molecule has 0 spiro atoms. The molecule has 2 heterocycles. The van der Waals surface area contributed by atoms with Crippen molar-refractivity contribution in [1.82, 2.24) is 15.6 Å². The maximum atomic E-state index is 4.52. The van der Waals surface area contributed by atoms with Gasteiger partial charge in [0.2, 0.25) is 0 Å². The monoisotopic (exact) mass is 300 g/mol. The average Bonchev–Trinajstić information content (AvgIpc) is 2.96. The Morgan fingerprint density at radius 3 is 2.81 bits per heavy atom. The Morgan fingerprint density at radius 1 is 1.29 bits per heavy atom. The summed E-state index contributed by atoms with van der Waals surface area (Å²) in [6.45, 7) is 4.89. The molecule has 1 aliphatic rings. The van der Waals surface area contributed by atoms with Crippen molar-refractivity contribution in [2.24, 2.45) is 4.99 Å². The van der Waals surface area contributed by atoms with Gasteiger partial charge in [0.25, 0.3) is 0 Å². The molecule has 110 valence electrons. The molecule has 1 aromatic carbocycles. The lowest BCUT2D eigenvalue weighted by Gasteiger charge is -2.15. The van der Waals surface area contributed by atoms with E-state index in [0.717, 1.165) is 49.1 Å². The first kappa shape index (κ1) is 14.1. The number of rotatable bonds is 4. The van der Waals surface area contributed by atoms with Gasteiger partial charge in [0.1, 0.15) is 0 Å². The minimum atomic E-state index is 0.904. The lowest BCUT2D eigenvalue weighted by atomic mass is 10.1. The highest BCUT2D eigenvalue weighted by Crippen LogP contribution is 2.21. The topological polar surface area (TPSA) is 49.3 Å². The van der Waals surface area contributed by atoms with Gasteiger partial charge in [-0.2, -0.15) is 0 Å². The molecular weight excluding hydrogens is 280 g/mol. The van der Waals surface area contributed by atoms with Crippen LogP contribution in [0.15, 0.2) is 34.6 Å². The van der Waals surface area contributed by atoms with E-state index < -0.39 is 0 Å². The van der Waals surface area contributed by atoms with E-state index in [9.17, 15) is 0 Å². The SMILES string of the molecule is Cc1nc(-c2ccc(CCNC3=NCCCN3)cc2)cs1. The van der Waals surface area contributed by atoms with Gasteiger partial charge in [-0.05, 0) is 25.3 Å². The Kier molecular flexibility index (Phi) is 4.50. The molecule has 0 bridgehead atoms. The van der Waals surface area contributed by atoms with E-state index in [-0.39, 0.29) is 0 Å². The van der Waals surface area contributed by atoms with Gasteiger partial charge in [-0.1, -0.05) is 24.3 Å². The van der Waals surface area contributed by atoms with Gasteiger partial charge >= 0.3 is 0 Å². The maximum absolute atomic E-state index is 4.52. The molecule has 4 nitrogen and oxygen atoms in total. The Hall–Kier alpha value is -1.88. The third kappa shape index (κ3) is 3.82. The van der Waals surface area contributed by atoms with Crippen molar-refractivity contribution in [3.05, 3.63) is 40.2 Å². The van der Waals surface area contributed by atoms with Crippen LogP contribution in [0.3, 0.4) is 0 Å². The predicted octanol–water partition coefficient (Wildman–Crippen LogP) is 2.60. The molecule has 0 fully saturated rings. The lowest BCUT2D eigenvalue weighted by Crippen LogP contribution is -2.41. The smallest absolute Gasteiger partial charge is 0.191 e. The number of aryl methyl sites for hydroxylation is 1. The van der Waals surface area contributed by atoms with Crippen molar-refractivity contribution in [2.75, 3.05) is 19.6 Å². The predicted molar refractivity (Wildman–Crippen MR) is 88.9 cm³/mol. The Morgan fingerprint density at radius 2 is 2.14 bits per heavy atom. The van der Waals surface area contributed by atoms with Crippen molar-refractivity contribution in [3.8, 4) is 11.3 Å². The Balaban J connectivity index is 1.53. The Bertz CT molecular complexity index is 615. The summed E-state index contributed by atoms with van der Waals surface area (Å²) < 4.78 is 0. The van der Waals surface area contributed by atoms with E-state index in [1.165, 1.54) is 11.1 Å². The van der Waals surface area contributed by atoms with Gasteiger partial charge in [0.05, 0.1) is 10.7 Å². The highest BCUT2D eigenvalue weighted by atomic mass is 32.1. The van der Waals surface area contributed by atoms with Crippen molar-refractivity contribution >= 4 is 17.3 Å². The molecule has 21 heavy (non-hydrogen) atoms. The first-order valence-electron chi connectivity index (χ1n) is 7.35. The zero-order valence-electron chi connectivity index (χ0n) is 12.2. The number of nitrogens with one attached hydrogen (secondary N) is 2. The van der Waals surface area contributed by atoms with Gasteiger partial charge < -0.3 is 10.6 Å². The standard InChI is InChI=1S/C16H20N4S/c1-12-20-15(11-21-12)14-5-3-13(4-6-14)7-10-19-16-17-8-2-9-18-16/h3-6,11H,2,7-10H2,1H3,(H2,17,18,19). The van der Waals surface area contributed by atoms with Crippen LogP contribution in [0.1, 0.15) is 17.0 Å². The summed E-state index contributed by atoms with van der Waals surface area (Å²) >= 11 is 1.69. The number of hydrogen-bond donors (Lipinski definition) is 2. The summed E-state index contributed by atoms with van der Waals surface area (Å²) in [5.41, 5.74) is 3.59. The fourth-order valence-electron chi connectivity index (χ4n) is 2.31. The summed E-state index contributed by atoms with van der Waals surface area (Å²) in [4.78, 5) is 8.92. The van der Waals surface area contributed by atoms with Gasteiger partial charge in [-0.3, -0.25) is 4.99 Å². The molecule has 1 aliphatic heterocycles. The number of aromatic nitrogens is 1. The third-order valence-electron chi connectivity index (χ3n) is 3.47. The summed E-state index contributed by atoms with van der Waals surface area (Å²) in [5, 5.41) is 9.84. The zero-order valence-corrected chi connectivity index (χ0v) is 13.0. The van der Waals surface area contributed by atoms with Crippen LogP contribution >= 0.6 is 11.3 Å². The highest BCUT2D eigenvalue weighted by Gasteiger charge is 2.04. The molecule has 0 amide bonds. The van der Waals surface area contributed by atoms with E-state index >= 15 is 0 Å². The quantitative estimate of drug-likeness (QED) is 0.912. The third-order valence-corrected chi connectivity index (χ3v) is 4.25. The van der Waals surface area contributed by atoms with Crippen LogP contribution in [0.4, 0.5) is 0 Å². The van der Waals surface area contributed by atoms with Crippen LogP contribution in [0.5, 0.6) is 0 Å². The van der Waals surface area contributed by atoms with E-state index in [1.54, 1.807) is 11.3 Å². The summed E-state index contributed by atoms with van der Waals surface area (Å²) in [6.07, 6.45) is 2.12. The molecular formula is C16H20N4S. The average molecular weight is 300 g/mol. The van der Waals surface area contributed by atoms with E-state index in [4.69, 9.17) is 0 Å². The minimum Gasteiger partial charge on any atom is -0.356 e. The number of hydrogen-bond acceptors (Lipinski definition) is 5. The molecule has 0 atom stereocenters. The van der Waals surface area contributed by atoms with Crippen molar-refractivity contribution < 1.29 is 0 Å². The summed E-state index contributed by atoms with van der Waals surface area (Å²) in [7, 11) is 0. The molecule has 0 radical (unpaired) electrons. The van der Waals surface area contributed by atoms with Crippen molar-refractivity contribution in [2.45, 2.75) is 19.8 Å². The second-order valence-electron chi connectivity index (χ2n) is 5.14. The van der Waals surface area contributed by atoms with Gasteiger partial charge in [0, 0.05) is 30.6 Å². The van der Waals surface area contributed by atoms with Crippen LogP contribution in [0.25, 0.3) is 11.3 Å². The van der Waals surface area contributed by atoms with Crippen molar-refractivity contribution in [3.63, 3.8) is 0 Å². The number of nitrogens with zero attached hydrogens (tertiary/aromatic N) is 2. The van der Waals surface area contributed by atoms with Crippen LogP contribution in [0, 0.1) is 6.92 Å². The van der Waals surface area contributed by atoms with E-state index in [2.05, 4.69) is 50.3 Å². The van der Waals surface area contributed by atoms with Crippen LogP contribution in [-0.4, -0.2) is 30.6 Å². The lowest BCUT2D eigenvalue weighted by molar-refractivity contribution is 0.700. The first-order valence-corrected chi connectivity index (χ1v) is 8.23. The van der Waals surface area contributed by atoms with Gasteiger partial charge in [0.15, 0.2) is 5.96 Å². The molecule has 5 heteroatoms. The fourth-order valence-corrected chi connectivity index (χ4v) is 2.94. The number of benzene rings is 1. The molecule has 0 saturated heterocycles.